The molecule has 0 saturated carbocycles. The summed E-state index contributed by atoms with van der Waals surface area (Å²) in [5.74, 6) is 0.233. The average molecular weight is 428 g/mol. The Morgan fingerprint density at radius 2 is 1.94 bits per heavy atom. The van der Waals surface area contributed by atoms with Crippen molar-refractivity contribution in [1.82, 2.24) is 15.3 Å². The first-order valence-electron chi connectivity index (χ1n) is 10.4. The predicted molar refractivity (Wildman–Crippen MR) is 123 cm³/mol. The summed E-state index contributed by atoms with van der Waals surface area (Å²) in [5.41, 5.74) is 5.05. The number of amides is 1. The molecular weight excluding hydrogens is 404 g/mol. The van der Waals surface area contributed by atoms with E-state index in [1.807, 2.05) is 43.3 Å². The van der Waals surface area contributed by atoms with Gasteiger partial charge in [0.05, 0.1) is 25.0 Å². The van der Waals surface area contributed by atoms with E-state index >= 15 is 0 Å². The molecule has 3 aromatic rings. The van der Waals surface area contributed by atoms with E-state index in [0.717, 1.165) is 48.8 Å². The molecule has 0 radical (unpaired) electrons. The second kappa shape index (κ2) is 9.90. The number of carbonyl (C=O) groups excluding carboxylic acids is 1. The van der Waals surface area contributed by atoms with Crippen LogP contribution in [0.1, 0.15) is 15.9 Å². The summed E-state index contributed by atoms with van der Waals surface area (Å²) >= 11 is 0. The summed E-state index contributed by atoms with van der Waals surface area (Å²) in [5, 5.41) is 14.5. The molecule has 32 heavy (non-hydrogen) atoms. The number of rotatable bonds is 6. The lowest BCUT2D eigenvalue weighted by Gasteiger charge is -2.28. The third-order valence-electron chi connectivity index (χ3n) is 5.25. The summed E-state index contributed by atoms with van der Waals surface area (Å²) < 4.78 is 5.41. The molecule has 1 aliphatic rings. The molecule has 0 atom stereocenters. The Morgan fingerprint density at radius 3 is 2.66 bits per heavy atom. The molecule has 1 aliphatic heterocycles. The number of aryl methyl sites for hydroxylation is 1. The van der Waals surface area contributed by atoms with Gasteiger partial charge >= 0.3 is 0 Å². The fourth-order valence-corrected chi connectivity index (χ4v) is 3.58. The molecule has 0 spiro atoms. The number of nitrogens with one attached hydrogen (secondary N) is 2. The van der Waals surface area contributed by atoms with Crippen LogP contribution in [-0.2, 0) is 4.74 Å². The molecule has 2 heterocycles. The van der Waals surface area contributed by atoms with Crippen LogP contribution >= 0.6 is 0 Å². The number of hydrogen-bond donors (Lipinski definition) is 2. The minimum Gasteiger partial charge on any atom is -0.378 e. The van der Waals surface area contributed by atoms with Crippen LogP contribution in [0.25, 0.3) is 11.3 Å². The third-order valence-corrected chi connectivity index (χ3v) is 5.25. The number of nitrogens with zero attached hydrogens (tertiary/aromatic N) is 4. The van der Waals surface area contributed by atoms with Crippen LogP contribution in [0.15, 0.2) is 54.7 Å². The highest BCUT2D eigenvalue weighted by Crippen LogP contribution is 2.24. The largest absolute Gasteiger partial charge is 0.378 e. The maximum Gasteiger partial charge on any atom is 0.252 e. The van der Waals surface area contributed by atoms with Crippen molar-refractivity contribution < 1.29 is 9.53 Å². The van der Waals surface area contributed by atoms with E-state index < -0.39 is 0 Å². The average Bonchev–Trinajstić information content (AvgIpc) is 2.83. The predicted octanol–water partition coefficient (Wildman–Crippen LogP) is 3.29. The Labute approximate surface area is 186 Å². The van der Waals surface area contributed by atoms with Crippen LogP contribution in [0.3, 0.4) is 0 Å². The molecule has 1 amide bonds. The van der Waals surface area contributed by atoms with E-state index in [4.69, 9.17) is 10.00 Å². The summed E-state index contributed by atoms with van der Waals surface area (Å²) in [4.78, 5) is 23.4. The number of ether oxygens (including phenoxy) is 1. The standard InChI is InChI=1S/C24H24N6O2/c1-17-16-18(2-7-21(17)23(31)26-11-9-25)22-8-10-27-24(29-22)28-19-3-5-20(6-4-19)30-12-14-32-15-13-30/h2-8,10,16H,11-15H2,1H3,(H,26,31)(H,27,28,29). The second-order valence-electron chi connectivity index (χ2n) is 7.41. The van der Waals surface area contributed by atoms with Crippen molar-refractivity contribution in [2.45, 2.75) is 6.92 Å². The molecule has 0 aliphatic carbocycles. The van der Waals surface area contributed by atoms with Gasteiger partial charge in [0.2, 0.25) is 5.95 Å². The van der Waals surface area contributed by atoms with Crippen molar-refractivity contribution in [3.63, 3.8) is 0 Å². The Morgan fingerprint density at radius 1 is 1.16 bits per heavy atom. The van der Waals surface area contributed by atoms with Gasteiger partial charge in [-0.3, -0.25) is 4.79 Å². The molecule has 0 bridgehead atoms. The van der Waals surface area contributed by atoms with Gasteiger partial charge in [0, 0.05) is 41.8 Å². The van der Waals surface area contributed by atoms with E-state index in [1.165, 1.54) is 5.69 Å². The normalized spacial score (nSPS) is 13.3. The summed E-state index contributed by atoms with van der Waals surface area (Å²) in [6.07, 6.45) is 1.70. The van der Waals surface area contributed by atoms with Gasteiger partial charge in [0.25, 0.3) is 5.91 Å². The number of morpholine rings is 1. The fourth-order valence-electron chi connectivity index (χ4n) is 3.58. The molecule has 2 aromatic carbocycles. The fraction of sp³-hybridized carbons (Fsp3) is 0.250. The molecular formula is C24H24N6O2. The maximum absolute atomic E-state index is 12.1. The van der Waals surface area contributed by atoms with E-state index in [-0.39, 0.29) is 12.5 Å². The topological polar surface area (TPSA) is 103 Å². The van der Waals surface area contributed by atoms with Crippen molar-refractivity contribution in [3.8, 4) is 17.3 Å². The van der Waals surface area contributed by atoms with E-state index in [2.05, 4.69) is 37.6 Å². The molecule has 4 rings (SSSR count). The Bertz CT molecular complexity index is 1130. The van der Waals surface area contributed by atoms with Gasteiger partial charge in [-0.25, -0.2) is 9.97 Å². The lowest BCUT2D eigenvalue weighted by Crippen LogP contribution is -2.36. The van der Waals surface area contributed by atoms with Crippen LogP contribution in [0.5, 0.6) is 0 Å². The van der Waals surface area contributed by atoms with Crippen LogP contribution in [-0.4, -0.2) is 48.7 Å². The minimum absolute atomic E-state index is 0.0195. The van der Waals surface area contributed by atoms with Crippen molar-refractivity contribution in [3.05, 3.63) is 65.9 Å². The van der Waals surface area contributed by atoms with Crippen LogP contribution in [0.2, 0.25) is 0 Å². The SMILES string of the molecule is Cc1cc(-c2ccnc(Nc3ccc(N4CCOCC4)cc3)n2)ccc1C(=O)NCC#N. The van der Waals surface area contributed by atoms with Crippen LogP contribution in [0.4, 0.5) is 17.3 Å². The highest BCUT2D eigenvalue weighted by Gasteiger charge is 2.12. The van der Waals surface area contributed by atoms with Gasteiger partial charge in [-0.1, -0.05) is 6.07 Å². The highest BCUT2D eigenvalue weighted by molar-refractivity contribution is 5.96. The van der Waals surface area contributed by atoms with Crippen molar-refractivity contribution >= 4 is 23.2 Å². The molecule has 2 N–H and O–H groups in total. The number of aromatic nitrogens is 2. The smallest absolute Gasteiger partial charge is 0.252 e. The molecule has 1 fully saturated rings. The number of hydrogen-bond acceptors (Lipinski definition) is 7. The van der Waals surface area contributed by atoms with Crippen molar-refractivity contribution in [2.24, 2.45) is 0 Å². The lowest BCUT2D eigenvalue weighted by atomic mass is 10.0. The van der Waals surface area contributed by atoms with Crippen LogP contribution in [0, 0.1) is 18.3 Å². The third kappa shape index (κ3) is 5.02. The highest BCUT2D eigenvalue weighted by atomic mass is 16.5. The molecule has 8 heteroatoms. The van der Waals surface area contributed by atoms with Gasteiger partial charge in [0.1, 0.15) is 6.54 Å². The molecule has 0 unspecified atom stereocenters. The summed E-state index contributed by atoms with van der Waals surface area (Å²) in [6.45, 7) is 5.15. The lowest BCUT2D eigenvalue weighted by molar-refractivity contribution is 0.0958. The zero-order valence-electron chi connectivity index (χ0n) is 17.8. The Hall–Kier alpha value is -3.96. The minimum atomic E-state index is -0.263. The quantitative estimate of drug-likeness (QED) is 0.581. The molecule has 1 saturated heterocycles. The second-order valence-corrected chi connectivity index (χ2v) is 7.41. The number of anilines is 3. The number of carbonyl (C=O) groups is 1. The zero-order valence-corrected chi connectivity index (χ0v) is 17.8. The first-order chi connectivity index (χ1) is 15.6. The number of benzene rings is 2. The van der Waals surface area contributed by atoms with Gasteiger partial charge < -0.3 is 20.3 Å². The Balaban J connectivity index is 1.47. The van der Waals surface area contributed by atoms with E-state index in [1.54, 1.807) is 12.3 Å². The first kappa shape index (κ1) is 21.3. The maximum atomic E-state index is 12.1. The van der Waals surface area contributed by atoms with Crippen molar-refractivity contribution in [1.29, 1.82) is 5.26 Å². The van der Waals surface area contributed by atoms with Crippen LogP contribution < -0.4 is 15.5 Å². The van der Waals surface area contributed by atoms with Gasteiger partial charge in [-0.05, 0) is 55.0 Å². The van der Waals surface area contributed by atoms with Gasteiger partial charge in [-0.2, -0.15) is 5.26 Å². The van der Waals surface area contributed by atoms with Gasteiger partial charge in [0.15, 0.2) is 0 Å². The Kier molecular flexibility index (Phi) is 6.58. The summed E-state index contributed by atoms with van der Waals surface area (Å²) in [6, 6.07) is 17.4. The monoisotopic (exact) mass is 428 g/mol. The molecule has 8 nitrogen and oxygen atoms in total. The molecule has 1 aromatic heterocycles. The first-order valence-corrected chi connectivity index (χ1v) is 10.4. The molecule has 162 valence electrons. The van der Waals surface area contributed by atoms with E-state index in [0.29, 0.717) is 11.5 Å². The van der Waals surface area contributed by atoms with Crippen molar-refractivity contribution in [2.75, 3.05) is 43.1 Å². The number of nitriles is 1. The van der Waals surface area contributed by atoms with Gasteiger partial charge in [-0.15, -0.1) is 0 Å². The summed E-state index contributed by atoms with van der Waals surface area (Å²) in [7, 11) is 0. The zero-order chi connectivity index (χ0) is 22.3. The van der Waals surface area contributed by atoms with E-state index in [9.17, 15) is 4.79 Å².